The van der Waals surface area contributed by atoms with E-state index >= 15 is 0 Å². The average molecular weight is 250 g/mol. The van der Waals surface area contributed by atoms with Crippen molar-refractivity contribution in [3.8, 4) is 17.0 Å². The molecule has 94 valence electrons. The van der Waals surface area contributed by atoms with Crippen molar-refractivity contribution in [1.82, 2.24) is 4.98 Å². The molecule has 0 spiro atoms. The molecular formula is C16H14N2O. The molecule has 0 aliphatic rings. The number of ether oxygens (including phenoxy) is 1. The van der Waals surface area contributed by atoms with Crippen LogP contribution in [0.3, 0.4) is 0 Å². The van der Waals surface area contributed by atoms with Crippen LogP contribution in [0.5, 0.6) is 5.75 Å². The van der Waals surface area contributed by atoms with Crippen molar-refractivity contribution in [1.29, 1.82) is 0 Å². The molecule has 0 radical (unpaired) electrons. The molecule has 0 aliphatic heterocycles. The first-order chi connectivity index (χ1) is 9.28. The molecule has 2 N–H and O–H groups in total. The van der Waals surface area contributed by atoms with Gasteiger partial charge in [0.1, 0.15) is 5.75 Å². The molecule has 0 amide bonds. The molecule has 19 heavy (non-hydrogen) atoms. The second kappa shape index (κ2) is 4.61. The molecule has 3 heteroatoms. The number of benzene rings is 2. The molecule has 3 aromatic rings. The van der Waals surface area contributed by atoms with Crippen molar-refractivity contribution in [3.63, 3.8) is 0 Å². The second-order valence-electron chi connectivity index (χ2n) is 4.35. The average Bonchev–Trinajstić information content (AvgIpc) is 2.47. The first-order valence-electron chi connectivity index (χ1n) is 6.07. The predicted octanol–water partition coefficient (Wildman–Crippen LogP) is 3.49. The van der Waals surface area contributed by atoms with Crippen LogP contribution < -0.4 is 10.5 Å². The summed E-state index contributed by atoms with van der Waals surface area (Å²) in [6, 6.07) is 17.6. The third-order valence-corrected chi connectivity index (χ3v) is 3.12. The summed E-state index contributed by atoms with van der Waals surface area (Å²) < 4.78 is 5.23. The van der Waals surface area contributed by atoms with E-state index in [-0.39, 0.29) is 0 Å². The van der Waals surface area contributed by atoms with E-state index in [1.165, 1.54) is 0 Å². The number of methoxy groups -OCH3 is 1. The largest absolute Gasteiger partial charge is 0.497 e. The van der Waals surface area contributed by atoms with Crippen LogP contribution in [0, 0.1) is 0 Å². The zero-order valence-corrected chi connectivity index (χ0v) is 10.6. The van der Waals surface area contributed by atoms with Crippen LogP contribution in [0.1, 0.15) is 0 Å². The van der Waals surface area contributed by atoms with Gasteiger partial charge < -0.3 is 10.5 Å². The number of aromatic nitrogens is 1. The lowest BCUT2D eigenvalue weighted by Gasteiger charge is -2.08. The van der Waals surface area contributed by atoms with Gasteiger partial charge in [0.2, 0.25) is 0 Å². The summed E-state index contributed by atoms with van der Waals surface area (Å²) in [7, 11) is 1.64. The van der Waals surface area contributed by atoms with Gasteiger partial charge in [-0.1, -0.05) is 30.3 Å². The quantitative estimate of drug-likeness (QED) is 0.757. The first kappa shape index (κ1) is 11.5. The minimum atomic E-state index is 0.728. The summed E-state index contributed by atoms with van der Waals surface area (Å²) in [6.07, 6.45) is 0. The SMILES string of the molecule is COc1ccc2c(N)cc(-c3ccccc3)nc2c1. The van der Waals surface area contributed by atoms with Crippen LogP contribution in [0.15, 0.2) is 54.6 Å². The molecule has 0 aliphatic carbocycles. The van der Waals surface area contributed by atoms with Gasteiger partial charge in [-0.3, -0.25) is 0 Å². The van der Waals surface area contributed by atoms with Crippen molar-refractivity contribution in [2.45, 2.75) is 0 Å². The highest BCUT2D eigenvalue weighted by Crippen LogP contribution is 2.28. The molecule has 3 rings (SSSR count). The first-order valence-corrected chi connectivity index (χ1v) is 6.07. The topological polar surface area (TPSA) is 48.1 Å². The Kier molecular flexibility index (Phi) is 2.80. The molecule has 2 aromatic carbocycles. The van der Waals surface area contributed by atoms with Gasteiger partial charge in [-0.2, -0.15) is 0 Å². The summed E-state index contributed by atoms with van der Waals surface area (Å²) in [6.45, 7) is 0. The molecule has 0 unspecified atom stereocenters. The minimum Gasteiger partial charge on any atom is -0.497 e. The number of nitrogens with zero attached hydrogens (tertiary/aromatic N) is 1. The molecule has 3 nitrogen and oxygen atoms in total. The number of fused-ring (bicyclic) bond motifs is 1. The standard InChI is InChI=1S/C16H14N2O/c1-19-12-7-8-13-14(17)10-15(18-16(13)9-12)11-5-3-2-4-6-11/h2-10H,1H3,(H2,17,18). The molecule has 0 atom stereocenters. The number of hydrogen-bond acceptors (Lipinski definition) is 3. The van der Waals surface area contributed by atoms with Crippen molar-refractivity contribution < 1.29 is 4.74 Å². The lowest BCUT2D eigenvalue weighted by atomic mass is 10.1. The molecule has 0 saturated carbocycles. The minimum absolute atomic E-state index is 0.728. The maximum absolute atomic E-state index is 6.11. The van der Waals surface area contributed by atoms with E-state index in [4.69, 9.17) is 10.5 Å². The number of rotatable bonds is 2. The Morgan fingerprint density at radius 2 is 1.79 bits per heavy atom. The van der Waals surface area contributed by atoms with E-state index in [0.717, 1.165) is 33.6 Å². The maximum atomic E-state index is 6.11. The smallest absolute Gasteiger partial charge is 0.121 e. The van der Waals surface area contributed by atoms with Gasteiger partial charge in [-0.25, -0.2) is 4.98 Å². The zero-order chi connectivity index (χ0) is 13.2. The van der Waals surface area contributed by atoms with Crippen LogP contribution in [-0.4, -0.2) is 12.1 Å². The fraction of sp³-hybridized carbons (Fsp3) is 0.0625. The summed E-state index contributed by atoms with van der Waals surface area (Å²) >= 11 is 0. The number of nitrogens with two attached hydrogens (primary N) is 1. The molecule has 0 bridgehead atoms. The van der Waals surface area contributed by atoms with Gasteiger partial charge in [0.15, 0.2) is 0 Å². The Morgan fingerprint density at radius 3 is 2.53 bits per heavy atom. The fourth-order valence-corrected chi connectivity index (χ4v) is 2.12. The van der Waals surface area contributed by atoms with Crippen LogP contribution >= 0.6 is 0 Å². The number of anilines is 1. The zero-order valence-electron chi connectivity index (χ0n) is 10.6. The van der Waals surface area contributed by atoms with E-state index in [9.17, 15) is 0 Å². The van der Waals surface area contributed by atoms with Crippen molar-refractivity contribution in [3.05, 3.63) is 54.6 Å². The van der Waals surface area contributed by atoms with Crippen LogP contribution in [0.4, 0.5) is 5.69 Å². The van der Waals surface area contributed by atoms with E-state index in [0.29, 0.717) is 0 Å². The lowest BCUT2D eigenvalue weighted by Crippen LogP contribution is -1.93. The van der Waals surface area contributed by atoms with Gasteiger partial charge in [0.05, 0.1) is 18.3 Å². The Hall–Kier alpha value is -2.55. The summed E-state index contributed by atoms with van der Waals surface area (Å²) in [5.41, 5.74) is 9.61. The molecule has 0 saturated heterocycles. The third kappa shape index (κ3) is 2.10. The van der Waals surface area contributed by atoms with Crippen LogP contribution in [0.25, 0.3) is 22.2 Å². The van der Waals surface area contributed by atoms with Gasteiger partial charge >= 0.3 is 0 Å². The Morgan fingerprint density at radius 1 is 1.00 bits per heavy atom. The highest BCUT2D eigenvalue weighted by molar-refractivity contribution is 5.93. The Bertz CT molecular complexity index is 723. The monoisotopic (exact) mass is 250 g/mol. The van der Waals surface area contributed by atoms with Crippen LogP contribution in [-0.2, 0) is 0 Å². The Labute approximate surface area is 111 Å². The van der Waals surface area contributed by atoms with Crippen molar-refractivity contribution in [2.75, 3.05) is 12.8 Å². The lowest BCUT2D eigenvalue weighted by molar-refractivity contribution is 0.415. The third-order valence-electron chi connectivity index (χ3n) is 3.12. The highest BCUT2D eigenvalue weighted by atomic mass is 16.5. The summed E-state index contributed by atoms with van der Waals surface area (Å²) in [5, 5.41) is 0.945. The van der Waals surface area contributed by atoms with Gasteiger partial charge in [0, 0.05) is 22.7 Å². The highest BCUT2D eigenvalue weighted by Gasteiger charge is 2.06. The molecular weight excluding hydrogens is 236 g/mol. The molecule has 1 heterocycles. The Balaban J connectivity index is 2.23. The maximum Gasteiger partial charge on any atom is 0.121 e. The number of pyridine rings is 1. The van der Waals surface area contributed by atoms with Gasteiger partial charge in [-0.05, 0) is 18.2 Å². The normalized spacial score (nSPS) is 10.6. The fourth-order valence-electron chi connectivity index (χ4n) is 2.12. The summed E-state index contributed by atoms with van der Waals surface area (Å²) in [5.74, 6) is 0.782. The molecule has 0 fully saturated rings. The predicted molar refractivity (Wildman–Crippen MR) is 78.1 cm³/mol. The van der Waals surface area contributed by atoms with E-state index in [1.54, 1.807) is 7.11 Å². The van der Waals surface area contributed by atoms with Gasteiger partial charge in [-0.15, -0.1) is 0 Å². The van der Waals surface area contributed by atoms with E-state index in [1.807, 2.05) is 54.6 Å². The van der Waals surface area contributed by atoms with Crippen molar-refractivity contribution in [2.24, 2.45) is 0 Å². The molecule has 1 aromatic heterocycles. The van der Waals surface area contributed by atoms with Gasteiger partial charge in [0.25, 0.3) is 0 Å². The summed E-state index contributed by atoms with van der Waals surface area (Å²) in [4.78, 5) is 4.65. The van der Waals surface area contributed by atoms with Crippen molar-refractivity contribution >= 4 is 16.6 Å². The van der Waals surface area contributed by atoms with E-state index < -0.39 is 0 Å². The number of nitrogen functional groups attached to an aromatic ring is 1. The second-order valence-corrected chi connectivity index (χ2v) is 4.35. The van der Waals surface area contributed by atoms with E-state index in [2.05, 4.69) is 4.98 Å². The van der Waals surface area contributed by atoms with Crippen LogP contribution in [0.2, 0.25) is 0 Å². The number of hydrogen-bond donors (Lipinski definition) is 1.